The lowest BCUT2D eigenvalue weighted by molar-refractivity contribution is 0.0753. The third-order valence-corrected chi connectivity index (χ3v) is 6.01. The van der Waals surface area contributed by atoms with Gasteiger partial charge in [-0.15, -0.1) is 0 Å². The molecule has 2 nitrogen and oxygen atoms in total. The topological polar surface area (TPSA) is 23.5 Å². The van der Waals surface area contributed by atoms with Crippen LogP contribution in [0.5, 0.6) is 0 Å². The van der Waals surface area contributed by atoms with E-state index in [9.17, 15) is 9.50 Å². The van der Waals surface area contributed by atoms with Crippen LogP contribution in [0.3, 0.4) is 0 Å². The first-order chi connectivity index (χ1) is 12.2. The van der Waals surface area contributed by atoms with Crippen molar-refractivity contribution in [2.45, 2.75) is 50.3 Å². The summed E-state index contributed by atoms with van der Waals surface area (Å²) in [6, 6.07) is 17.9. The highest BCUT2D eigenvalue weighted by atomic mass is 19.1. The monoisotopic (exact) mass is 339 g/mol. The van der Waals surface area contributed by atoms with Crippen molar-refractivity contribution in [2.75, 3.05) is 6.54 Å². The van der Waals surface area contributed by atoms with Crippen LogP contribution in [0.25, 0.3) is 0 Å². The van der Waals surface area contributed by atoms with Crippen LogP contribution in [0.15, 0.2) is 54.6 Å². The van der Waals surface area contributed by atoms with E-state index in [0.29, 0.717) is 6.04 Å². The Balaban J connectivity index is 1.65. The highest BCUT2D eigenvalue weighted by Gasteiger charge is 2.46. The molecule has 0 spiro atoms. The SMILES string of the molecule is O[C@H]1CCCC[C@H]2[C@H]1[C@@H](c1cccc(F)c1)CN2Cc1ccccc1. The van der Waals surface area contributed by atoms with Gasteiger partial charge in [0.25, 0.3) is 0 Å². The predicted molar refractivity (Wildman–Crippen MR) is 97.7 cm³/mol. The molecule has 2 fully saturated rings. The first-order valence-electron chi connectivity index (χ1n) is 9.44. The summed E-state index contributed by atoms with van der Waals surface area (Å²) in [4.78, 5) is 2.52. The van der Waals surface area contributed by atoms with Crippen molar-refractivity contribution in [3.63, 3.8) is 0 Å². The van der Waals surface area contributed by atoms with E-state index in [4.69, 9.17) is 0 Å². The fourth-order valence-corrected chi connectivity index (χ4v) is 4.88. The number of hydrogen-bond donors (Lipinski definition) is 1. The number of nitrogens with zero attached hydrogens (tertiary/aromatic N) is 1. The summed E-state index contributed by atoms with van der Waals surface area (Å²) in [6.07, 6.45) is 3.95. The molecule has 2 aromatic rings. The molecule has 0 aromatic heterocycles. The molecule has 2 aliphatic rings. The van der Waals surface area contributed by atoms with Gasteiger partial charge in [-0.25, -0.2) is 4.39 Å². The third kappa shape index (κ3) is 3.49. The maximum absolute atomic E-state index is 13.8. The molecule has 1 aliphatic heterocycles. The molecule has 1 saturated heterocycles. The van der Waals surface area contributed by atoms with Gasteiger partial charge >= 0.3 is 0 Å². The quantitative estimate of drug-likeness (QED) is 0.899. The average Bonchev–Trinajstić information content (AvgIpc) is 2.86. The van der Waals surface area contributed by atoms with Crippen LogP contribution in [0, 0.1) is 11.7 Å². The Morgan fingerprint density at radius 2 is 1.80 bits per heavy atom. The fourth-order valence-electron chi connectivity index (χ4n) is 4.88. The van der Waals surface area contributed by atoms with E-state index in [1.807, 2.05) is 12.1 Å². The summed E-state index contributed by atoms with van der Waals surface area (Å²) >= 11 is 0. The van der Waals surface area contributed by atoms with Crippen LogP contribution in [-0.4, -0.2) is 28.7 Å². The van der Waals surface area contributed by atoms with Crippen molar-refractivity contribution in [1.29, 1.82) is 0 Å². The van der Waals surface area contributed by atoms with Crippen molar-refractivity contribution in [3.05, 3.63) is 71.5 Å². The minimum absolute atomic E-state index is 0.182. The van der Waals surface area contributed by atoms with Gasteiger partial charge in [0.1, 0.15) is 5.82 Å². The Labute approximate surface area is 149 Å². The second-order valence-electron chi connectivity index (χ2n) is 7.57. The van der Waals surface area contributed by atoms with E-state index in [-0.39, 0.29) is 23.8 Å². The van der Waals surface area contributed by atoms with Gasteiger partial charge in [0.2, 0.25) is 0 Å². The summed E-state index contributed by atoms with van der Waals surface area (Å²) in [5, 5.41) is 10.8. The first-order valence-corrected chi connectivity index (χ1v) is 9.44. The van der Waals surface area contributed by atoms with Crippen LogP contribution >= 0.6 is 0 Å². The molecule has 0 amide bonds. The molecule has 132 valence electrons. The third-order valence-electron chi connectivity index (χ3n) is 6.01. The first kappa shape index (κ1) is 16.7. The summed E-state index contributed by atoms with van der Waals surface area (Å²) in [6.45, 7) is 1.80. The van der Waals surface area contributed by atoms with Gasteiger partial charge < -0.3 is 5.11 Å². The molecule has 1 N–H and O–H groups in total. The smallest absolute Gasteiger partial charge is 0.123 e. The molecule has 25 heavy (non-hydrogen) atoms. The molecule has 1 aliphatic carbocycles. The second kappa shape index (κ2) is 7.27. The summed E-state index contributed by atoms with van der Waals surface area (Å²) in [7, 11) is 0. The normalized spacial score (nSPS) is 30.0. The van der Waals surface area contributed by atoms with E-state index in [2.05, 4.69) is 29.2 Å². The molecular weight excluding hydrogens is 313 g/mol. The van der Waals surface area contributed by atoms with Crippen LogP contribution in [0.4, 0.5) is 4.39 Å². The molecule has 0 radical (unpaired) electrons. The number of fused-ring (bicyclic) bond motifs is 1. The highest BCUT2D eigenvalue weighted by Crippen LogP contribution is 2.44. The largest absolute Gasteiger partial charge is 0.393 e. The number of aliphatic hydroxyl groups is 1. The van der Waals surface area contributed by atoms with Crippen LogP contribution in [0.1, 0.15) is 42.7 Å². The number of aliphatic hydroxyl groups excluding tert-OH is 1. The zero-order valence-electron chi connectivity index (χ0n) is 14.5. The minimum atomic E-state index is -0.290. The summed E-state index contributed by atoms with van der Waals surface area (Å²) in [5.74, 6) is 0.226. The van der Waals surface area contributed by atoms with E-state index in [1.165, 1.54) is 18.1 Å². The molecule has 4 atom stereocenters. The molecule has 1 saturated carbocycles. The lowest BCUT2D eigenvalue weighted by atomic mass is 9.81. The summed E-state index contributed by atoms with van der Waals surface area (Å²) in [5.41, 5.74) is 2.34. The van der Waals surface area contributed by atoms with Crippen molar-refractivity contribution >= 4 is 0 Å². The van der Waals surface area contributed by atoms with Crippen LogP contribution in [0.2, 0.25) is 0 Å². The van der Waals surface area contributed by atoms with Gasteiger partial charge in [0.15, 0.2) is 0 Å². The van der Waals surface area contributed by atoms with Crippen molar-refractivity contribution < 1.29 is 9.50 Å². The minimum Gasteiger partial charge on any atom is -0.393 e. The fraction of sp³-hybridized carbons (Fsp3) is 0.455. The lowest BCUT2D eigenvalue weighted by Crippen LogP contribution is -2.36. The highest BCUT2D eigenvalue weighted by molar-refractivity contribution is 5.26. The predicted octanol–water partition coefficient (Wildman–Crippen LogP) is 4.34. The lowest BCUT2D eigenvalue weighted by Gasteiger charge is -2.29. The Hall–Kier alpha value is -1.71. The zero-order valence-corrected chi connectivity index (χ0v) is 14.5. The van der Waals surface area contributed by atoms with Crippen molar-refractivity contribution in [2.24, 2.45) is 5.92 Å². The van der Waals surface area contributed by atoms with E-state index in [1.54, 1.807) is 12.1 Å². The number of halogens is 1. The molecule has 0 bridgehead atoms. The molecule has 0 unspecified atom stereocenters. The maximum Gasteiger partial charge on any atom is 0.123 e. The standard InChI is InChI=1S/C22H26FNO/c23-18-10-6-9-17(13-18)19-15-24(14-16-7-2-1-3-8-16)20-11-4-5-12-21(25)22(19)20/h1-3,6-10,13,19-22,25H,4-5,11-12,14-15H2/t19-,20+,21+,22-/m1/s1. The van der Waals surface area contributed by atoms with E-state index < -0.39 is 0 Å². The summed E-state index contributed by atoms with van der Waals surface area (Å²) < 4.78 is 13.8. The average molecular weight is 339 g/mol. The number of benzene rings is 2. The van der Waals surface area contributed by atoms with Crippen molar-refractivity contribution in [3.8, 4) is 0 Å². The van der Waals surface area contributed by atoms with Gasteiger partial charge in [-0.2, -0.15) is 0 Å². The number of likely N-dealkylation sites (tertiary alicyclic amines) is 1. The van der Waals surface area contributed by atoms with Crippen molar-refractivity contribution in [1.82, 2.24) is 4.90 Å². The Kier molecular flexibility index (Phi) is 4.87. The number of hydrogen-bond acceptors (Lipinski definition) is 2. The van der Waals surface area contributed by atoms with E-state index in [0.717, 1.165) is 37.9 Å². The Morgan fingerprint density at radius 1 is 1.00 bits per heavy atom. The van der Waals surface area contributed by atoms with Crippen LogP contribution < -0.4 is 0 Å². The Bertz CT molecular complexity index is 704. The van der Waals surface area contributed by atoms with Crippen LogP contribution in [-0.2, 0) is 6.54 Å². The molecule has 4 rings (SSSR count). The second-order valence-corrected chi connectivity index (χ2v) is 7.57. The number of rotatable bonds is 3. The van der Waals surface area contributed by atoms with E-state index >= 15 is 0 Å². The molecule has 2 aromatic carbocycles. The maximum atomic E-state index is 13.8. The van der Waals surface area contributed by atoms with Gasteiger partial charge in [0.05, 0.1) is 6.10 Å². The van der Waals surface area contributed by atoms with Gasteiger partial charge in [-0.1, -0.05) is 55.3 Å². The van der Waals surface area contributed by atoms with Gasteiger partial charge in [0, 0.05) is 31.0 Å². The van der Waals surface area contributed by atoms with Gasteiger partial charge in [-0.05, 0) is 36.1 Å². The molecule has 1 heterocycles. The molecule has 3 heteroatoms. The Morgan fingerprint density at radius 3 is 2.60 bits per heavy atom. The zero-order chi connectivity index (χ0) is 17.2. The van der Waals surface area contributed by atoms with Gasteiger partial charge in [-0.3, -0.25) is 4.90 Å². The molecular formula is C22H26FNO.